The first-order chi connectivity index (χ1) is 5.68. The Morgan fingerprint density at radius 3 is 1.77 bits per heavy atom. The van der Waals surface area contributed by atoms with Gasteiger partial charge in [-0.25, -0.2) is 4.57 Å². The van der Waals surface area contributed by atoms with Crippen LogP contribution in [0.15, 0.2) is 12.2 Å². The molecule has 0 aliphatic heterocycles. The van der Waals surface area contributed by atoms with E-state index in [2.05, 4.69) is 6.58 Å². The zero-order valence-corrected chi connectivity index (χ0v) is 7.65. The molecule has 0 aromatic carbocycles. The normalized spacial score (nSPS) is 9.85. The van der Waals surface area contributed by atoms with Crippen molar-refractivity contribution >= 4 is 13.7 Å². The van der Waals surface area contributed by atoms with Crippen LogP contribution in [0.3, 0.4) is 0 Å². The maximum atomic E-state index is 10.1. The lowest BCUT2D eigenvalue weighted by atomic mass is 10.2. The third-order valence-corrected chi connectivity index (χ3v) is 0.762. The minimum absolute atomic E-state index is 0.0677. The van der Waals surface area contributed by atoms with Crippen LogP contribution in [0.2, 0.25) is 0 Å². The Kier molecular flexibility index (Phi) is 7.69. The number of carbonyl (C=O) groups is 1. The molecule has 78 valence electrons. The van der Waals surface area contributed by atoms with Crippen LogP contribution < -0.4 is 5.73 Å². The van der Waals surface area contributed by atoms with Gasteiger partial charge in [0.2, 0.25) is 5.91 Å². The zero-order chi connectivity index (χ0) is 11.1. The molecule has 0 spiro atoms. The van der Waals surface area contributed by atoms with Crippen LogP contribution in [0.1, 0.15) is 6.42 Å². The van der Waals surface area contributed by atoms with Crippen molar-refractivity contribution in [3.8, 4) is 0 Å². The van der Waals surface area contributed by atoms with Crippen molar-refractivity contribution in [3.63, 3.8) is 0 Å². The summed E-state index contributed by atoms with van der Waals surface area (Å²) in [7, 11) is -4.64. The van der Waals surface area contributed by atoms with E-state index in [1.807, 2.05) is 0 Å². The summed E-state index contributed by atoms with van der Waals surface area (Å²) in [4.78, 5) is 31.7. The summed E-state index contributed by atoms with van der Waals surface area (Å²) in [6, 6.07) is 0. The van der Waals surface area contributed by atoms with E-state index < -0.39 is 13.7 Å². The second kappa shape index (κ2) is 6.76. The summed E-state index contributed by atoms with van der Waals surface area (Å²) in [5.41, 5.74) is 5.04. The summed E-state index contributed by atoms with van der Waals surface area (Å²) in [6.45, 7) is 3.24. The lowest BCUT2D eigenvalue weighted by Gasteiger charge is -1.93. The van der Waals surface area contributed by atoms with Crippen LogP contribution in [0.5, 0.6) is 0 Å². The van der Waals surface area contributed by atoms with Gasteiger partial charge >= 0.3 is 7.82 Å². The third kappa shape index (κ3) is 24.6. The Bertz CT molecular complexity index is 213. The number of aliphatic hydroxyl groups is 1. The largest absolute Gasteiger partial charge is 0.466 e. The molecular weight excluding hydrogens is 201 g/mol. The molecule has 0 aromatic heterocycles. The molecule has 0 unspecified atom stereocenters. The van der Waals surface area contributed by atoms with E-state index in [1.54, 1.807) is 0 Å². The number of rotatable bonds is 3. The highest BCUT2D eigenvalue weighted by molar-refractivity contribution is 7.45. The lowest BCUT2D eigenvalue weighted by molar-refractivity contribution is -0.114. The summed E-state index contributed by atoms with van der Waals surface area (Å²) < 4.78 is 8.88. The molecule has 0 aromatic rings. The fraction of sp³-hybridized carbons (Fsp3) is 0.400. The Labute approximate surface area is 74.7 Å². The molecule has 1 amide bonds. The highest BCUT2D eigenvalue weighted by Crippen LogP contribution is 2.25. The molecule has 0 radical (unpaired) electrons. The van der Waals surface area contributed by atoms with Gasteiger partial charge in [0, 0.05) is 18.6 Å². The highest BCUT2D eigenvalue weighted by Gasteiger charge is 2.00. The van der Waals surface area contributed by atoms with Crippen molar-refractivity contribution < 1.29 is 29.1 Å². The van der Waals surface area contributed by atoms with Crippen molar-refractivity contribution in [2.24, 2.45) is 5.73 Å². The first-order valence-electron chi connectivity index (χ1n) is 3.05. The molecule has 0 saturated carbocycles. The van der Waals surface area contributed by atoms with Crippen molar-refractivity contribution in [3.05, 3.63) is 12.2 Å². The standard InChI is InChI=1S/C5H9NO2.H3O4P/c1-4(2-3-7)5(6)8;1-5(2,3)4/h7H,1-3H2,(H2,6,8);(H3,1,2,3,4). The molecule has 0 bridgehead atoms. The Hall–Kier alpha value is -0.720. The number of hydrogen-bond donors (Lipinski definition) is 5. The van der Waals surface area contributed by atoms with Gasteiger partial charge in [-0.2, -0.15) is 0 Å². The summed E-state index contributed by atoms with van der Waals surface area (Å²) in [6.07, 6.45) is 0.273. The van der Waals surface area contributed by atoms with Crippen LogP contribution in [0.4, 0.5) is 0 Å². The second-order valence-electron chi connectivity index (χ2n) is 1.95. The van der Waals surface area contributed by atoms with E-state index in [9.17, 15) is 4.79 Å². The average molecular weight is 213 g/mol. The molecule has 0 fully saturated rings. The van der Waals surface area contributed by atoms with Gasteiger partial charge in [-0.1, -0.05) is 6.58 Å². The van der Waals surface area contributed by atoms with Gasteiger partial charge in [0.15, 0.2) is 0 Å². The van der Waals surface area contributed by atoms with Gasteiger partial charge in [0.05, 0.1) is 0 Å². The molecule has 0 saturated heterocycles. The minimum Gasteiger partial charge on any atom is -0.396 e. The van der Waals surface area contributed by atoms with Gasteiger partial charge in [-0.05, 0) is 0 Å². The maximum Gasteiger partial charge on any atom is 0.466 e. The molecule has 0 aliphatic rings. The summed E-state index contributed by atoms with van der Waals surface area (Å²) in [5, 5.41) is 8.22. The predicted octanol–water partition coefficient (Wildman–Crippen LogP) is -1.52. The van der Waals surface area contributed by atoms with Crippen molar-refractivity contribution in [1.82, 2.24) is 0 Å². The van der Waals surface area contributed by atoms with Gasteiger partial charge in [-0.15, -0.1) is 0 Å². The first kappa shape index (κ1) is 14.8. The van der Waals surface area contributed by atoms with Crippen LogP contribution in [0.25, 0.3) is 0 Å². The van der Waals surface area contributed by atoms with E-state index in [1.165, 1.54) is 0 Å². The van der Waals surface area contributed by atoms with Crippen LogP contribution in [0, 0.1) is 0 Å². The first-order valence-corrected chi connectivity index (χ1v) is 4.61. The number of phosphoric acid groups is 1. The molecule has 0 aliphatic carbocycles. The van der Waals surface area contributed by atoms with Crippen LogP contribution >= 0.6 is 7.82 Å². The maximum absolute atomic E-state index is 10.1. The number of amides is 1. The number of aliphatic hydroxyl groups excluding tert-OH is 1. The van der Waals surface area contributed by atoms with E-state index >= 15 is 0 Å². The quantitative estimate of drug-likeness (QED) is 0.285. The SMILES string of the molecule is C=C(CCO)C(N)=O.O=P(O)(O)O. The lowest BCUT2D eigenvalue weighted by Crippen LogP contribution is -2.13. The summed E-state index contributed by atoms with van der Waals surface area (Å²) in [5.74, 6) is -0.543. The smallest absolute Gasteiger partial charge is 0.396 e. The van der Waals surface area contributed by atoms with Crippen molar-refractivity contribution in [2.45, 2.75) is 6.42 Å². The average Bonchev–Trinajstić information content (AvgIpc) is 1.84. The third-order valence-electron chi connectivity index (χ3n) is 0.762. The Morgan fingerprint density at radius 1 is 1.38 bits per heavy atom. The minimum atomic E-state index is -4.64. The predicted molar refractivity (Wildman–Crippen MR) is 44.3 cm³/mol. The fourth-order valence-corrected chi connectivity index (χ4v) is 0.258. The van der Waals surface area contributed by atoms with E-state index in [-0.39, 0.29) is 18.6 Å². The summed E-state index contributed by atoms with van der Waals surface area (Å²) >= 11 is 0. The van der Waals surface area contributed by atoms with Gasteiger partial charge in [0.25, 0.3) is 0 Å². The molecular formula is C5H12NO6P. The Morgan fingerprint density at radius 2 is 1.69 bits per heavy atom. The van der Waals surface area contributed by atoms with E-state index in [4.69, 9.17) is 30.1 Å². The topological polar surface area (TPSA) is 141 Å². The highest BCUT2D eigenvalue weighted by atomic mass is 31.2. The number of hydrogen-bond acceptors (Lipinski definition) is 3. The number of carbonyl (C=O) groups excluding carboxylic acids is 1. The monoisotopic (exact) mass is 213 g/mol. The Balaban J connectivity index is 0. The van der Waals surface area contributed by atoms with Gasteiger partial charge < -0.3 is 25.5 Å². The molecule has 13 heavy (non-hydrogen) atoms. The van der Waals surface area contributed by atoms with Gasteiger partial charge in [0.1, 0.15) is 0 Å². The second-order valence-corrected chi connectivity index (χ2v) is 2.98. The van der Waals surface area contributed by atoms with Crippen LogP contribution in [-0.2, 0) is 9.36 Å². The van der Waals surface area contributed by atoms with Crippen LogP contribution in [-0.4, -0.2) is 32.3 Å². The number of nitrogens with two attached hydrogens (primary N) is 1. The van der Waals surface area contributed by atoms with E-state index in [0.717, 1.165) is 0 Å². The molecule has 0 atom stereocenters. The van der Waals surface area contributed by atoms with Gasteiger partial charge in [-0.3, -0.25) is 4.79 Å². The number of primary amides is 1. The molecule has 7 nitrogen and oxygen atoms in total. The zero-order valence-electron chi connectivity index (χ0n) is 6.75. The van der Waals surface area contributed by atoms with Crippen molar-refractivity contribution in [2.75, 3.05) is 6.61 Å². The molecule has 0 heterocycles. The van der Waals surface area contributed by atoms with E-state index in [0.29, 0.717) is 0 Å². The molecule has 0 rings (SSSR count). The molecule has 8 heteroatoms. The van der Waals surface area contributed by atoms with Crippen molar-refractivity contribution in [1.29, 1.82) is 0 Å². The molecule has 6 N–H and O–H groups in total. The fourth-order valence-electron chi connectivity index (χ4n) is 0.258.